The minimum absolute atomic E-state index is 0.0180. The molecule has 1 rings (SSSR count). The molecule has 9 heteroatoms. The second-order valence-corrected chi connectivity index (χ2v) is 6.52. The summed E-state index contributed by atoms with van der Waals surface area (Å²) in [4.78, 5) is 22.5. The second kappa shape index (κ2) is 13.0. The molecule has 0 radical (unpaired) electrons. The van der Waals surface area contributed by atoms with Gasteiger partial charge >= 0.3 is 11.9 Å². The molecule has 1 aliphatic rings. The number of rotatable bonds is 12. The lowest BCUT2D eigenvalue weighted by atomic mass is 9.83. The van der Waals surface area contributed by atoms with Crippen molar-refractivity contribution in [3.63, 3.8) is 0 Å². The summed E-state index contributed by atoms with van der Waals surface area (Å²) in [6.07, 6.45) is -1.64. The van der Waals surface area contributed by atoms with E-state index in [1.807, 2.05) is 13.8 Å². The number of carbonyl (C=O) groups is 2. The largest absolute Gasteiger partial charge is 0.463 e. The number of esters is 2. The van der Waals surface area contributed by atoms with Crippen LogP contribution in [0.2, 0.25) is 0 Å². The average Bonchev–Trinajstić information content (AvgIpc) is 2.61. The summed E-state index contributed by atoms with van der Waals surface area (Å²) in [7, 11) is 0. The van der Waals surface area contributed by atoms with Gasteiger partial charge in [-0.2, -0.15) is 0 Å². The summed E-state index contributed by atoms with van der Waals surface area (Å²) in [5.74, 6) is -0.783. The predicted octanol–water partition coefficient (Wildman–Crippen LogP) is 0.487. The Morgan fingerprint density at radius 3 is 2.15 bits per heavy atom. The third-order valence-electron chi connectivity index (χ3n) is 4.41. The average molecular weight is 391 g/mol. The molecule has 0 aliphatic carbocycles. The van der Waals surface area contributed by atoms with Crippen LogP contribution in [-0.4, -0.2) is 76.6 Å². The minimum Gasteiger partial charge on any atom is -0.463 e. The van der Waals surface area contributed by atoms with Crippen molar-refractivity contribution in [2.24, 2.45) is 17.6 Å². The minimum atomic E-state index is -0.752. The number of hydrogen-bond donors (Lipinski definition) is 1. The lowest BCUT2D eigenvalue weighted by molar-refractivity contribution is -0.282. The Hall–Kier alpha value is -1.26. The highest BCUT2D eigenvalue weighted by atomic mass is 16.7. The van der Waals surface area contributed by atoms with E-state index >= 15 is 0 Å². The first kappa shape index (κ1) is 23.8. The number of hydrogen-bond acceptors (Lipinski definition) is 9. The number of carbonyl (C=O) groups excluding carboxylic acids is 2. The van der Waals surface area contributed by atoms with Crippen LogP contribution in [0.3, 0.4) is 0 Å². The zero-order valence-electron chi connectivity index (χ0n) is 16.7. The quantitative estimate of drug-likeness (QED) is 0.375. The normalized spacial score (nSPS) is 28.0. The van der Waals surface area contributed by atoms with Gasteiger partial charge in [0.05, 0.1) is 39.1 Å². The maximum Gasteiger partial charge on any atom is 0.303 e. The summed E-state index contributed by atoms with van der Waals surface area (Å²) in [5.41, 5.74) is 5.33. The van der Waals surface area contributed by atoms with Gasteiger partial charge in [-0.15, -0.1) is 0 Å². The fourth-order valence-electron chi connectivity index (χ4n) is 2.77. The predicted molar refractivity (Wildman–Crippen MR) is 95.8 cm³/mol. The standard InChI is InChI=1S/C18H33NO8/c1-12-13(2)17(26-15(4)21)18(27-16(12)11-25-14(3)20)24-10-9-23-8-7-22-6-5-19/h12-13,16-18H,5-11,19H2,1-4H3. The van der Waals surface area contributed by atoms with Crippen molar-refractivity contribution in [1.82, 2.24) is 0 Å². The highest BCUT2D eigenvalue weighted by Gasteiger charge is 2.44. The van der Waals surface area contributed by atoms with Crippen molar-refractivity contribution in [3.05, 3.63) is 0 Å². The van der Waals surface area contributed by atoms with Gasteiger partial charge in [0.2, 0.25) is 0 Å². The second-order valence-electron chi connectivity index (χ2n) is 6.52. The first-order chi connectivity index (χ1) is 12.9. The molecule has 0 amide bonds. The Kier molecular flexibility index (Phi) is 11.5. The molecule has 2 N–H and O–H groups in total. The highest BCUT2D eigenvalue weighted by molar-refractivity contribution is 5.66. The molecule has 5 atom stereocenters. The van der Waals surface area contributed by atoms with Gasteiger partial charge in [-0.3, -0.25) is 9.59 Å². The van der Waals surface area contributed by atoms with E-state index in [1.54, 1.807) is 0 Å². The molecular weight excluding hydrogens is 358 g/mol. The summed E-state index contributed by atoms with van der Waals surface area (Å²) in [6, 6.07) is 0. The molecule has 1 aliphatic heterocycles. The first-order valence-corrected chi connectivity index (χ1v) is 9.30. The van der Waals surface area contributed by atoms with E-state index in [2.05, 4.69) is 0 Å². The van der Waals surface area contributed by atoms with Crippen LogP contribution in [0.25, 0.3) is 0 Å². The number of ether oxygens (including phenoxy) is 6. The van der Waals surface area contributed by atoms with E-state index in [0.717, 1.165) is 0 Å². The third-order valence-corrected chi connectivity index (χ3v) is 4.41. The van der Waals surface area contributed by atoms with Crippen molar-refractivity contribution in [2.45, 2.75) is 46.2 Å². The van der Waals surface area contributed by atoms with Crippen LogP contribution in [0, 0.1) is 11.8 Å². The van der Waals surface area contributed by atoms with E-state index in [1.165, 1.54) is 13.8 Å². The van der Waals surface area contributed by atoms with Crippen molar-refractivity contribution in [1.29, 1.82) is 0 Å². The topological polar surface area (TPSA) is 116 Å². The maximum atomic E-state index is 11.5. The van der Waals surface area contributed by atoms with E-state index in [0.29, 0.717) is 33.0 Å². The van der Waals surface area contributed by atoms with Crippen molar-refractivity contribution in [3.8, 4) is 0 Å². The van der Waals surface area contributed by atoms with Gasteiger partial charge in [0.15, 0.2) is 12.4 Å². The van der Waals surface area contributed by atoms with Crippen LogP contribution in [0.15, 0.2) is 0 Å². The van der Waals surface area contributed by atoms with Gasteiger partial charge in [-0.05, 0) is 5.92 Å². The van der Waals surface area contributed by atoms with Crippen LogP contribution in [0.1, 0.15) is 27.7 Å². The molecule has 0 aromatic rings. The monoisotopic (exact) mass is 391 g/mol. The van der Waals surface area contributed by atoms with Gasteiger partial charge in [-0.25, -0.2) is 0 Å². The molecule has 1 heterocycles. The fraction of sp³-hybridized carbons (Fsp3) is 0.889. The van der Waals surface area contributed by atoms with E-state index in [9.17, 15) is 9.59 Å². The van der Waals surface area contributed by atoms with Crippen LogP contribution < -0.4 is 5.73 Å². The molecule has 1 fully saturated rings. The van der Waals surface area contributed by atoms with Gasteiger partial charge < -0.3 is 34.2 Å². The van der Waals surface area contributed by atoms with E-state index < -0.39 is 18.4 Å². The molecule has 0 spiro atoms. The van der Waals surface area contributed by atoms with Gasteiger partial charge in [0.1, 0.15) is 6.61 Å². The van der Waals surface area contributed by atoms with Gasteiger partial charge in [0.25, 0.3) is 0 Å². The zero-order chi connectivity index (χ0) is 20.2. The van der Waals surface area contributed by atoms with Crippen molar-refractivity contribution < 1.29 is 38.0 Å². The first-order valence-electron chi connectivity index (χ1n) is 9.30. The summed E-state index contributed by atoms with van der Waals surface area (Å²) in [5, 5.41) is 0. The zero-order valence-corrected chi connectivity index (χ0v) is 16.7. The Bertz CT molecular complexity index is 445. The molecule has 0 aromatic carbocycles. The molecular formula is C18H33NO8. The summed E-state index contributed by atoms with van der Waals surface area (Å²) < 4.78 is 32.8. The lowest BCUT2D eigenvalue weighted by Crippen LogP contribution is -2.53. The maximum absolute atomic E-state index is 11.5. The SMILES string of the molecule is CC(=O)OCC1OC(OCCOCCOCCN)C(OC(C)=O)C(C)C1C. The fourth-order valence-corrected chi connectivity index (χ4v) is 2.77. The van der Waals surface area contributed by atoms with Crippen LogP contribution >= 0.6 is 0 Å². The molecule has 27 heavy (non-hydrogen) atoms. The van der Waals surface area contributed by atoms with Crippen molar-refractivity contribution in [2.75, 3.05) is 46.2 Å². The Labute approximate surface area is 160 Å². The molecule has 5 unspecified atom stereocenters. The molecule has 9 nitrogen and oxygen atoms in total. The van der Waals surface area contributed by atoms with Crippen LogP contribution in [-0.2, 0) is 38.0 Å². The van der Waals surface area contributed by atoms with Crippen LogP contribution in [0.5, 0.6) is 0 Å². The molecule has 1 saturated heterocycles. The third kappa shape index (κ3) is 8.98. The lowest BCUT2D eigenvalue weighted by Gasteiger charge is -2.43. The summed E-state index contributed by atoms with van der Waals surface area (Å²) in [6.45, 7) is 9.24. The van der Waals surface area contributed by atoms with Crippen molar-refractivity contribution >= 4 is 11.9 Å². The molecule has 158 valence electrons. The Balaban J connectivity index is 2.51. The van der Waals surface area contributed by atoms with E-state index in [-0.39, 0.29) is 37.1 Å². The van der Waals surface area contributed by atoms with Gasteiger partial charge in [0, 0.05) is 26.3 Å². The smallest absolute Gasteiger partial charge is 0.303 e. The Morgan fingerprint density at radius 2 is 1.56 bits per heavy atom. The molecule has 0 saturated carbocycles. The van der Waals surface area contributed by atoms with Crippen LogP contribution in [0.4, 0.5) is 0 Å². The Morgan fingerprint density at radius 1 is 0.926 bits per heavy atom. The summed E-state index contributed by atoms with van der Waals surface area (Å²) >= 11 is 0. The van der Waals surface area contributed by atoms with Gasteiger partial charge in [-0.1, -0.05) is 13.8 Å². The molecule has 0 bridgehead atoms. The van der Waals surface area contributed by atoms with E-state index in [4.69, 9.17) is 34.2 Å². The number of nitrogens with two attached hydrogens (primary N) is 1. The molecule has 0 aromatic heterocycles. The highest BCUT2D eigenvalue weighted by Crippen LogP contribution is 2.33.